The van der Waals surface area contributed by atoms with Crippen LogP contribution in [0.3, 0.4) is 0 Å². The third kappa shape index (κ3) is 2.00. The highest BCUT2D eigenvalue weighted by Gasteiger charge is 2.15. The number of aryl methyl sites for hydroxylation is 3. The number of hydrogen-bond acceptors (Lipinski definition) is 0. The molecule has 0 fully saturated rings. The van der Waals surface area contributed by atoms with Crippen molar-refractivity contribution in [3.05, 3.63) is 77.4 Å². The fourth-order valence-electron chi connectivity index (χ4n) is 3.60. The minimum absolute atomic E-state index is 1.04. The molecule has 0 spiro atoms. The molecule has 0 unspecified atom stereocenters. The first-order valence-corrected chi connectivity index (χ1v) is 8.30. The summed E-state index contributed by atoms with van der Waals surface area (Å²) in [5, 5.41) is 2.67. The Morgan fingerprint density at radius 3 is 2.35 bits per heavy atom. The summed E-state index contributed by atoms with van der Waals surface area (Å²) in [5.41, 5.74) is 8.02. The summed E-state index contributed by atoms with van der Waals surface area (Å²) in [6.07, 6.45) is 1.04. The molecule has 4 rings (SSSR count). The van der Waals surface area contributed by atoms with E-state index in [1.807, 2.05) is 0 Å². The number of hydrogen-bond donors (Lipinski definition) is 0. The van der Waals surface area contributed by atoms with E-state index in [1.165, 1.54) is 44.2 Å². The van der Waals surface area contributed by atoms with Crippen LogP contribution in [-0.4, -0.2) is 4.57 Å². The van der Waals surface area contributed by atoms with Crippen molar-refractivity contribution in [3.8, 4) is 5.69 Å². The Bertz CT molecular complexity index is 1020. The molecule has 1 heterocycles. The fraction of sp³-hybridized carbons (Fsp3) is 0.182. The van der Waals surface area contributed by atoms with Crippen LogP contribution >= 0.6 is 0 Å². The van der Waals surface area contributed by atoms with Crippen molar-refractivity contribution in [2.24, 2.45) is 0 Å². The number of nitrogens with zero attached hydrogens (tertiary/aromatic N) is 1. The van der Waals surface area contributed by atoms with E-state index in [1.54, 1.807) is 0 Å². The minimum Gasteiger partial charge on any atom is -0.309 e. The summed E-state index contributed by atoms with van der Waals surface area (Å²) < 4.78 is 2.45. The lowest BCUT2D eigenvalue weighted by atomic mass is 10.0. The summed E-state index contributed by atoms with van der Waals surface area (Å²) in [7, 11) is 0. The maximum absolute atomic E-state index is 2.45. The van der Waals surface area contributed by atoms with Gasteiger partial charge in [-0.15, -0.1) is 0 Å². The van der Waals surface area contributed by atoms with Gasteiger partial charge < -0.3 is 4.57 Å². The van der Waals surface area contributed by atoms with Crippen LogP contribution in [0.4, 0.5) is 0 Å². The van der Waals surface area contributed by atoms with Crippen molar-refractivity contribution in [1.82, 2.24) is 4.57 Å². The molecule has 0 amide bonds. The zero-order valence-electron chi connectivity index (χ0n) is 13.9. The van der Waals surface area contributed by atoms with E-state index in [-0.39, 0.29) is 0 Å². The molecule has 114 valence electrons. The molecule has 4 aromatic rings. The largest absolute Gasteiger partial charge is 0.309 e. The normalized spacial score (nSPS) is 11.4. The second-order valence-electron chi connectivity index (χ2n) is 6.24. The first-order valence-electron chi connectivity index (χ1n) is 8.30. The molecule has 0 saturated carbocycles. The molecule has 0 aliphatic heterocycles. The smallest absolute Gasteiger partial charge is 0.0572 e. The highest BCUT2D eigenvalue weighted by Crippen LogP contribution is 2.35. The first kappa shape index (κ1) is 14.1. The van der Waals surface area contributed by atoms with Crippen molar-refractivity contribution in [1.29, 1.82) is 0 Å². The minimum atomic E-state index is 1.04. The van der Waals surface area contributed by atoms with Gasteiger partial charge >= 0.3 is 0 Å². The van der Waals surface area contributed by atoms with Gasteiger partial charge in [0.05, 0.1) is 11.0 Å². The molecule has 0 saturated heterocycles. The Balaban J connectivity index is 2.26. The second-order valence-corrected chi connectivity index (χ2v) is 6.24. The Labute approximate surface area is 137 Å². The van der Waals surface area contributed by atoms with E-state index >= 15 is 0 Å². The van der Waals surface area contributed by atoms with Crippen molar-refractivity contribution in [2.45, 2.75) is 27.2 Å². The van der Waals surface area contributed by atoms with Crippen LogP contribution in [-0.2, 0) is 6.42 Å². The van der Waals surface area contributed by atoms with Crippen molar-refractivity contribution in [3.63, 3.8) is 0 Å². The lowest BCUT2D eigenvalue weighted by Gasteiger charge is -2.14. The summed E-state index contributed by atoms with van der Waals surface area (Å²) in [6.45, 7) is 6.66. The van der Waals surface area contributed by atoms with Gasteiger partial charge in [0.25, 0.3) is 0 Å². The molecule has 1 heteroatoms. The Morgan fingerprint density at radius 1 is 0.783 bits per heavy atom. The van der Waals surface area contributed by atoms with Crippen LogP contribution in [0.1, 0.15) is 23.6 Å². The molecule has 0 bridgehead atoms. The topological polar surface area (TPSA) is 4.93 Å². The van der Waals surface area contributed by atoms with Crippen LogP contribution in [0.25, 0.3) is 27.5 Å². The predicted molar refractivity (Wildman–Crippen MR) is 99.6 cm³/mol. The van der Waals surface area contributed by atoms with Gasteiger partial charge in [0, 0.05) is 16.5 Å². The van der Waals surface area contributed by atoms with Crippen LogP contribution in [0.15, 0.2) is 60.7 Å². The highest BCUT2D eigenvalue weighted by atomic mass is 15.0. The van der Waals surface area contributed by atoms with Crippen LogP contribution < -0.4 is 0 Å². The maximum Gasteiger partial charge on any atom is 0.0572 e. The van der Waals surface area contributed by atoms with E-state index in [4.69, 9.17) is 0 Å². The average molecular weight is 299 g/mol. The van der Waals surface area contributed by atoms with Crippen LogP contribution in [0, 0.1) is 13.8 Å². The molecular weight excluding hydrogens is 278 g/mol. The SMILES string of the molecule is CCc1ccccc1-n1c2ccccc2c2ccc(C)c(C)c21. The highest BCUT2D eigenvalue weighted by molar-refractivity contribution is 6.10. The van der Waals surface area contributed by atoms with Gasteiger partial charge in [0.15, 0.2) is 0 Å². The van der Waals surface area contributed by atoms with Gasteiger partial charge in [-0.2, -0.15) is 0 Å². The summed E-state index contributed by atoms with van der Waals surface area (Å²) in [6, 6.07) is 22.0. The third-order valence-electron chi connectivity index (χ3n) is 4.97. The van der Waals surface area contributed by atoms with Gasteiger partial charge in [0.2, 0.25) is 0 Å². The maximum atomic E-state index is 2.45. The molecule has 0 aliphatic carbocycles. The van der Waals surface area contributed by atoms with Gasteiger partial charge in [-0.25, -0.2) is 0 Å². The first-order chi connectivity index (χ1) is 11.2. The standard InChI is InChI=1S/C22H21N/c1-4-17-9-5-7-11-20(17)23-21-12-8-6-10-18(21)19-14-13-15(2)16(3)22(19)23/h5-14H,4H2,1-3H3. The van der Waals surface area contributed by atoms with E-state index < -0.39 is 0 Å². The number of para-hydroxylation sites is 2. The molecule has 1 aromatic heterocycles. The molecule has 0 atom stereocenters. The van der Waals surface area contributed by atoms with E-state index in [9.17, 15) is 0 Å². The zero-order chi connectivity index (χ0) is 16.0. The third-order valence-corrected chi connectivity index (χ3v) is 4.97. The van der Waals surface area contributed by atoms with Gasteiger partial charge in [-0.05, 0) is 49.1 Å². The summed E-state index contributed by atoms with van der Waals surface area (Å²) >= 11 is 0. The number of fused-ring (bicyclic) bond motifs is 3. The number of rotatable bonds is 2. The monoisotopic (exact) mass is 299 g/mol. The lowest BCUT2D eigenvalue weighted by molar-refractivity contribution is 1.06. The number of benzene rings is 3. The van der Waals surface area contributed by atoms with Crippen LogP contribution in [0.2, 0.25) is 0 Å². The fourth-order valence-corrected chi connectivity index (χ4v) is 3.60. The van der Waals surface area contributed by atoms with E-state index in [2.05, 4.69) is 86.0 Å². The summed E-state index contributed by atoms with van der Waals surface area (Å²) in [4.78, 5) is 0. The Hall–Kier alpha value is -2.54. The van der Waals surface area contributed by atoms with Crippen molar-refractivity contribution in [2.75, 3.05) is 0 Å². The molecule has 23 heavy (non-hydrogen) atoms. The van der Waals surface area contributed by atoms with E-state index in [0.29, 0.717) is 0 Å². The van der Waals surface area contributed by atoms with Gasteiger partial charge in [-0.3, -0.25) is 0 Å². The van der Waals surface area contributed by atoms with Crippen LogP contribution in [0.5, 0.6) is 0 Å². The predicted octanol–water partition coefficient (Wildman–Crippen LogP) is 5.96. The molecule has 0 N–H and O–H groups in total. The zero-order valence-corrected chi connectivity index (χ0v) is 13.9. The van der Waals surface area contributed by atoms with Crippen molar-refractivity contribution < 1.29 is 0 Å². The van der Waals surface area contributed by atoms with E-state index in [0.717, 1.165) is 6.42 Å². The summed E-state index contributed by atoms with van der Waals surface area (Å²) in [5.74, 6) is 0. The molecule has 0 radical (unpaired) electrons. The Kier molecular flexibility index (Phi) is 3.23. The molecular formula is C22H21N. The number of aromatic nitrogens is 1. The lowest BCUT2D eigenvalue weighted by Crippen LogP contribution is -2.00. The van der Waals surface area contributed by atoms with Crippen molar-refractivity contribution >= 4 is 21.8 Å². The molecule has 1 nitrogen and oxygen atoms in total. The Morgan fingerprint density at radius 2 is 1.52 bits per heavy atom. The molecule has 3 aromatic carbocycles. The van der Waals surface area contributed by atoms with Gasteiger partial charge in [0.1, 0.15) is 0 Å². The van der Waals surface area contributed by atoms with Gasteiger partial charge in [-0.1, -0.05) is 55.5 Å². The second kappa shape index (κ2) is 5.27. The quantitative estimate of drug-likeness (QED) is 0.430. The average Bonchev–Trinajstić information content (AvgIpc) is 2.93. The molecule has 0 aliphatic rings.